The molecule has 0 aliphatic carbocycles. The van der Waals surface area contributed by atoms with E-state index in [9.17, 15) is 14.9 Å². The number of hydrogen-bond donors (Lipinski definition) is 0. The molecule has 0 aliphatic heterocycles. The minimum atomic E-state index is -0.559. The zero-order valence-electron chi connectivity index (χ0n) is 13.1. The average Bonchev–Trinajstić information content (AvgIpc) is 2.59. The fourth-order valence-electron chi connectivity index (χ4n) is 1.98. The molecule has 2 rings (SSSR count). The minimum Gasteiger partial charge on any atom is -0.494 e. The Morgan fingerprint density at radius 3 is 2.58 bits per heavy atom. The van der Waals surface area contributed by atoms with E-state index in [-0.39, 0.29) is 16.5 Å². The van der Waals surface area contributed by atoms with Crippen molar-refractivity contribution in [1.29, 1.82) is 0 Å². The summed E-state index contributed by atoms with van der Waals surface area (Å²) in [5.41, 5.74) is 0.851. The van der Waals surface area contributed by atoms with E-state index < -0.39 is 4.92 Å². The molecular weight excluding hydrogens is 330 g/mol. The van der Waals surface area contributed by atoms with Crippen molar-refractivity contribution in [3.05, 3.63) is 74.8 Å². The number of nitro groups is 1. The number of halogens is 1. The van der Waals surface area contributed by atoms with E-state index >= 15 is 0 Å². The average molecular weight is 346 g/mol. The van der Waals surface area contributed by atoms with Gasteiger partial charge >= 0.3 is 0 Å². The molecule has 6 heteroatoms. The van der Waals surface area contributed by atoms with Gasteiger partial charge in [0, 0.05) is 11.6 Å². The Morgan fingerprint density at radius 1 is 1.25 bits per heavy atom. The molecule has 2 aromatic carbocycles. The van der Waals surface area contributed by atoms with Gasteiger partial charge in [0.25, 0.3) is 5.69 Å². The minimum absolute atomic E-state index is 0.0612. The van der Waals surface area contributed by atoms with Gasteiger partial charge in [0.2, 0.25) is 0 Å². The summed E-state index contributed by atoms with van der Waals surface area (Å²) in [6, 6.07) is 11.2. The molecular formula is C18H16ClNO4. The van der Waals surface area contributed by atoms with Crippen LogP contribution in [-0.4, -0.2) is 17.3 Å². The highest BCUT2D eigenvalue weighted by molar-refractivity contribution is 6.32. The van der Waals surface area contributed by atoms with E-state index in [0.29, 0.717) is 23.5 Å². The number of ketones is 1. The van der Waals surface area contributed by atoms with E-state index in [1.807, 2.05) is 6.92 Å². The van der Waals surface area contributed by atoms with E-state index in [1.165, 1.54) is 24.3 Å². The normalized spacial score (nSPS) is 10.8. The van der Waals surface area contributed by atoms with Crippen molar-refractivity contribution in [3.8, 4) is 5.75 Å². The first-order chi connectivity index (χ1) is 11.5. The quantitative estimate of drug-likeness (QED) is 0.308. The Hall–Kier alpha value is -2.66. The monoisotopic (exact) mass is 345 g/mol. The number of ether oxygens (including phenoxy) is 1. The van der Waals surface area contributed by atoms with E-state index in [0.717, 1.165) is 6.42 Å². The summed E-state index contributed by atoms with van der Waals surface area (Å²) in [5, 5.41) is 10.9. The Bertz CT molecular complexity index is 769. The van der Waals surface area contributed by atoms with Crippen molar-refractivity contribution in [2.75, 3.05) is 6.61 Å². The summed E-state index contributed by atoms with van der Waals surface area (Å²) < 4.78 is 5.46. The number of nitro benzene ring substituents is 1. The fourth-order valence-corrected chi connectivity index (χ4v) is 2.16. The molecule has 0 radical (unpaired) electrons. The molecule has 0 unspecified atom stereocenters. The van der Waals surface area contributed by atoms with Crippen LogP contribution in [0.15, 0.2) is 48.5 Å². The van der Waals surface area contributed by atoms with Crippen molar-refractivity contribution in [3.63, 3.8) is 0 Å². The van der Waals surface area contributed by atoms with Crippen LogP contribution in [-0.2, 0) is 0 Å². The second-order valence-electron chi connectivity index (χ2n) is 5.04. The number of hydrogen-bond acceptors (Lipinski definition) is 4. The number of rotatable bonds is 7. The predicted octanol–water partition coefficient (Wildman–Crippen LogP) is 4.93. The van der Waals surface area contributed by atoms with Gasteiger partial charge in [-0.1, -0.05) is 30.7 Å². The number of allylic oxidation sites excluding steroid dienone is 1. The highest BCUT2D eigenvalue weighted by Crippen LogP contribution is 2.25. The molecule has 124 valence electrons. The zero-order chi connectivity index (χ0) is 17.5. The SMILES string of the molecule is CCCOc1ccc(C(=O)C=Cc2ccc(Cl)c([N+](=O)[O-])c2)cc1. The Balaban J connectivity index is 2.10. The lowest BCUT2D eigenvalue weighted by molar-refractivity contribution is -0.384. The fraction of sp³-hybridized carbons (Fsp3) is 0.167. The molecule has 0 saturated heterocycles. The first kappa shape index (κ1) is 17.7. The lowest BCUT2D eigenvalue weighted by atomic mass is 10.1. The third-order valence-electron chi connectivity index (χ3n) is 3.21. The van der Waals surface area contributed by atoms with Crippen LogP contribution < -0.4 is 4.74 Å². The van der Waals surface area contributed by atoms with Crippen LogP contribution in [0.3, 0.4) is 0 Å². The van der Waals surface area contributed by atoms with Gasteiger partial charge in [-0.05, 0) is 48.4 Å². The van der Waals surface area contributed by atoms with Gasteiger partial charge in [-0.25, -0.2) is 0 Å². The zero-order valence-corrected chi connectivity index (χ0v) is 13.8. The van der Waals surface area contributed by atoms with Crippen LogP contribution in [0, 0.1) is 10.1 Å². The third kappa shape index (κ3) is 4.67. The number of nitrogens with zero attached hydrogens (tertiary/aromatic N) is 1. The summed E-state index contributed by atoms with van der Waals surface area (Å²) in [6.07, 6.45) is 3.80. The van der Waals surface area contributed by atoms with Crippen molar-refractivity contribution in [2.45, 2.75) is 13.3 Å². The smallest absolute Gasteiger partial charge is 0.288 e. The lowest BCUT2D eigenvalue weighted by Gasteiger charge is -2.04. The first-order valence-electron chi connectivity index (χ1n) is 7.40. The summed E-state index contributed by atoms with van der Waals surface area (Å²) in [5.74, 6) is 0.514. The molecule has 0 saturated carbocycles. The summed E-state index contributed by atoms with van der Waals surface area (Å²) in [6.45, 7) is 2.65. The molecule has 0 fully saturated rings. The highest BCUT2D eigenvalue weighted by Gasteiger charge is 2.11. The largest absolute Gasteiger partial charge is 0.494 e. The molecule has 0 amide bonds. The molecule has 5 nitrogen and oxygen atoms in total. The van der Waals surface area contributed by atoms with Crippen LogP contribution in [0.1, 0.15) is 29.3 Å². The molecule has 24 heavy (non-hydrogen) atoms. The van der Waals surface area contributed by atoms with E-state index in [2.05, 4.69) is 0 Å². The van der Waals surface area contributed by atoms with Crippen molar-refractivity contribution in [2.24, 2.45) is 0 Å². The Kier molecular flexibility index (Phi) is 6.09. The van der Waals surface area contributed by atoms with Crippen LogP contribution in [0.4, 0.5) is 5.69 Å². The van der Waals surface area contributed by atoms with E-state index in [1.54, 1.807) is 30.3 Å². The summed E-state index contributed by atoms with van der Waals surface area (Å²) in [4.78, 5) is 22.4. The molecule has 2 aromatic rings. The maximum absolute atomic E-state index is 12.1. The summed E-state index contributed by atoms with van der Waals surface area (Å²) in [7, 11) is 0. The van der Waals surface area contributed by atoms with Crippen LogP contribution >= 0.6 is 11.6 Å². The molecule has 0 heterocycles. The third-order valence-corrected chi connectivity index (χ3v) is 3.53. The summed E-state index contributed by atoms with van der Waals surface area (Å²) >= 11 is 5.76. The molecule has 0 N–H and O–H groups in total. The van der Waals surface area contributed by atoms with Gasteiger partial charge in [-0.2, -0.15) is 0 Å². The number of benzene rings is 2. The van der Waals surface area contributed by atoms with Crippen LogP contribution in [0.2, 0.25) is 5.02 Å². The Morgan fingerprint density at radius 2 is 1.96 bits per heavy atom. The van der Waals surface area contributed by atoms with E-state index in [4.69, 9.17) is 16.3 Å². The second-order valence-corrected chi connectivity index (χ2v) is 5.45. The van der Waals surface area contributed by atoms with Gasteiger partial charge in [-0.15, -0.1) is 0 Å². The standard InChI is InChI=1S/C18H16ClNO4/c1-2-11-24-15-7-5-14(6-8-15)18(21)10-4-13-3-9-16(19)17(12-13)20(22)23/h3-10,12H,2,11H2,1H3. The lowest BCUT2D eigenvalue weighted by Crippen LogP contribution is -1.97. The maximum Gasteiger partial charge on any atom is 0.288 e. The molecule has 0 bridgehead atoms. The van der Waals surface area contributed by atoms with Crippen molar-refractivity contribution < 1.29 is 14.5 Å². The first-order valence-corrected chi connectivity index (χ1v) is 7.78. The van der Waals surface area contributed by atoms with Crippen molar-refractivity contribution >= 4 is 29.1 Å². The predicted molar refractivity (Wildman–Crippen MR) is 93.7 cm³/mol. The Labute approximate surface area is 144 Å². The number of carbonyl (C=O) groups excluding carboxylic acids is 1. The van der Waals surface area contributed by atoms with Gasteiger partial charge in [0.15, 0.2) is 5.78 Å². The van der Waals surface area contributed by atoms with Gasteiger partial charge in [-0.3, -0.25) is 14.9 Å². The van der Waals surface area contributed by atoms with Crippen molar-refractivity contribution in [1.82, 2.24) is 0 Å². The van der Waals surface area contributed by atoms with Gasteiger partial charge in [0.05, 0.1) is 11.5 Å². The van der Waals surface area contributed by atoms with Crippen LogP contribution in [0.5, 0.6) is 5.75 Å². The van der Waals surface area contributed by atoms with Gasteiger partial charge < -0.3 is 4.74 Å². The molecule has 0 aliphatic rings. The molecule has 0 atom stereocenters. The maximum atomic E-state index is 12.1. The highest BCUT2D eigenvalue weighted by atomic mass is 35.5. The molecule has 0 aromatic heterocycles. The number of carbonyl (C=O) groups is 1. The second kappa shape index (κ2) is 8.26. The molecule has 0 spiro atoms. The van der Waals surface area contributed by atoms with Crippen LogP contribution in [0.25, 0.3) is 6.08 Å². The topological polar surface area (TPSA) is 69.4 Å². The van der Waals surface area contributed by atoms with Gasteiger partial charge in [0.1, 0.15) is 10.8 Å².